The van der Waals surface area contributed by atoms with Crippen molar-refractivity contribution in [3.05, 3.63) is 18.0 Å². The molecular weight excluding hydrogens is 222 g/mol. The molecule has 2 amide bonds. The summed E-state index contributed by atoms with van der Waals surface area (Å²) < 4.78 is 1.54. The highest BCUT2D eigenvalue weighted by molar-refractivity contribution is 5.91. The number of hydrazine groups is 1. The second-order valence-corrected chi connectivity index (χ2v) is 4.34. The number of carbonyl (C=O) groups excluding carboxylic acids is 2. The van der Waals surface area contributed by atoms with Crippen LogP contribution in [0.5, 0.6) is 0 Å². The summed E-state index contributed by atoms with van der Waals surface area (Å²) in [5.74, 6) is 4.55. The molecule has 0 radical (unpaired) electrons. The zero-order valence-electron chi connectivity index (χ0n) is 10.2. The fourth-order valence-corrected chi connectivity index (χ4v) is 1.37. The molecular formula is C10H17N5O2. The Morgan fingerprint density at radius 3 is 2.71 bits per heavy atom. The first-order valence-corrected chi connectivity index (χ1v) is 5.17. The third-order valence-corrected chi connectivity index (χ3v) is 2.40. The van der Waals surface area contributed by atoms with Crippen molar-refractivity contribution in [1.82, 2.24) is 20.5 Å². The number of hydrogen-bond acceptors (Lipinski definition) is 4. The van der Waals surface area contributed by atoms with Crippen molar-refractivity contribution < 1.29 is 9.59 Å². The normalized spacial score (nSPS) is 11.1. The summed E-state index contributed by atoms with van der Waals surface area (Å²) in [6.07, 6.45) is 1.65. The Labute approximate surface area is 99.3 Å². The van der Waals surface area contributed by atoms with Gasteiger partial charge in [-0.1, -0.05) is 0 Å². The summed E-state index contributed by atoms with van der Waals surface area (Å²) in [6, 6.07) is 1.59. The van der Waals surface area contributed by atoms with E-state index in [0.29, 0.717) is 12.2 Å². The Morgan fingerprint density at radius 2 is 2.18 bits per heavy atom. The van der Waals surface area contributed by atoms with Gasteiger partial charge in [0.2, 0.25) is 5.91 Å². The third-order valence-electron chi connectivity index (χ3n) is 2.40. The predicted molar refractivity (Wildman–Crippen MR) is 61.7 cm³/mol. The molecule has 0 saturated carbocycles. The molecule has 0 saturated heterocycles. The number of aromatic nitrogens is 2. The van der Waals surface area contributed by atoms with Crippen LogP contribution in [0, 0.1) is 5.41 Å². The van der Waals surface area contributed by atoms with Crippen LogP contribution in [-0.4, -0.2) is 28.6 Å². The zero-order valence-corrected chi connectivity index (χ0v) is 10.2. The molecule has 0 aliphatic heterocycles. The van der Waals surface area contributed by atoms with Crippen molar-refractivity contribution >= 4 is 11.8 Å². The maximum Gasteiger partial charge on any atom is 0.271 e. The highest BCUT2D eigenvalue weighted by Gasteiger charge is 2.28. The van der Waals surface area contributed by atoms with Gasteiger partial charge in [0, 0.05) is 13.2 Å². The van der Waals surface area contributed by atoms with E-state index in [1.165, 1.54) is 7.05 Å². The maximum atomic E-state index is 11.5. The van der Waals surface area contributed by atoms with Gasteiger partial charge in [-0.25, -0.2) is 5.84 Å². The van der Waals surface area contributed by atoms with Gasteiger partial charge in [0.15, 0.2) is 0 Å². The van der Waals surface area contributed by atoms with Crippen molar-refractivity contribution in [1.29, 1.82) is 0 Å². The summed E-state index contributed by atoms with van der Waals surface area (Å²) >= 11 is 0. The molecule has 7 nitrogen and oxygen atoms in total. The molecule has 0 atom stereocenters. The zero-order chi connectivity index (χ0) is 13.1. The minimum atomic E-state index is -0.694. The van der Waals surface area contributed by atoms with Crippen molar-refractivity contribution in [2.75, 3.05) is 7.05 Å². The number of rotatable bonds is 4. The smallest absolute Gasteiger partial charge is 0.271 e. The summed E-state index contributed by atoms with van der Waals surface area (Å²) in [4.78, 5) is 22.8. The van der Waals surface area contributed by atoms with Crippen LogP contribution in [0.15, 0.2) is 12.3 Å². The molecule has 94 valence electrons. The molecule has 4 N–H and O–H groups in total. The summed E-state index contributed by atoms with van der Waals surface area (Å²) in [7, 11) is 1.53. The Morgan fingerprint density at radius 1 is 1.53 bits per heavy atom. The first-order valence-electron chi connectivity index (χ1n) is 5.17. The molecule has 0 bridgehead atoms. The minimum absolute atomic E-state index is 0.259. The second-order valence-electron chi connectivity index (χ2n) is 4.34. The van der Waals surface area contributed by atoms with Crippen LogP contribution in [-0.2, 0) is 11.3 Å². The lowest BCUT2D eigenvalue weighted by Crippen LogP contribution is -2.43. The Kier molecular flexibility index (Phi) is 3.84. The van der Waals surface area contributed by atoms with E-state index >= 15 is 0 Å². The van der Waals surface area contributed by atoms with Gasteiger partial charge in [-0.15, -0.1) is 0 Å². The molecule has 1 rings (SSSR count). The molecule has 0 spiro atoms. The van der Waals surface area contributed by atoms with Crippen LogP contribution in [0.25, 0.3) is 0 Å². The van der Waals surface area contributed by atoms with Crippen LogP contribution in [0.1, 0.15) is 24.3 Å². The molecule has 0 aliphatic carbocycles. The van der Waals surface area contributed by atoms with Gasteiger partial charge in [-0.3, -0.25) is 19.7 Å². The first kappa shape index (κ1) is 13.2. The molecule has 1 aromatic rings. The quantitative estimate of drug-likeness (QED) is 0.366. The first-order chi connectivity index (χ1) is 7.90. The van der Waals surface area contributed by atoms with Crippen LogP contribution in [0.4, 0.5) is 0 Å². The van der Waals surface area contributed by atoms with E-state index in [1.807, 2.05) is 0 Å². The number of amides is 2. The van der Waals surface area contributed by atoms with Gasteiger partial charge in [0.1, 0.15) is 5.69 Å². The average Bonchev–Trinajstić information content (AvgIpc) is 2.74. The lowest BCUT2D eigenvalue weighted by molar-refractivity contribution is -0.130. The Balaban J connectivity index is 2.79. The number of nitrogens with zero attached hydrogens (tertiary/aromatic N) is 2. The summed E-state index contributed by atoms with van der Waals surface area (Å²) in [6.45, 7) is 3.83. The highest BCUT2D eigenvalue weighted by Crippen LogP contribution is 2.17. The van der Waals surface area contributed by atoms with Gasteiger partial charge in [0.25, 0.3) is 5.91 Å². The van der Waals surface area contributed by atoms with E-state index in [9.17, 15) is 9.59 Å². The van der Waals surface area contributed by atoms with E-state index in [0.717, 1.165) is 0 Å². The predicted octanol–water partition coefficient (Wildman–Crippen LogP) is -0.741. The van der Waals surface area contributed by atoms with Crippen molar-refractivity contribution in [3.63, 3.8) is 0 Å². The number of hydrogen-bond donors (Lipinski definition) is 3. The molecule has 1 heterocycles. The summed E-state index contributed by atoms with van der Waals surface area (Å²) in [5, 5.41) is 6.54. The molecule has 7 heteroatoms. The van der Waals surface area contributed by atoms with E-state index in [2.05, 4.69) is 15.8 Å². The van der Waals surface area contributed by atoms with E-state index in [1.54, 1.807) is 30.8 Å². The molecule has 17 heavy (non-hydrogen) atoms. The topological polar surface area (TPSA) is 102 Å². The van der Waals surface area contributed by atoms with Crippen molar-refractivity contribution in [2.24, 2.45) is 11.3 Å². The van der Waals surface area contributed by atoms with Crippen LogP contribution < -0.4 is 16.6 Å². The van der Waals surface area contributed by atoms with Crippen LogP contribution in [0.3, 0.4) is 0 Å². The van der Waals surface area contributed by atoms with E-state index in [4.69, 9.17) is 5.84 Å². The number of carbonyl (C=O) groups is 2. The van der Waals surface area contributed by atoms with Crippen molar-refractivity contribution in [3.8, 4) is 0 Å². The fourth-order valence-electron chi connectivity index (χ4n) is 1.37. The lowest BCUT2D eigenvalue weighted by atomic mass is 9.93. The van der Waals surface area contributed by atoms with Gasteiger partial charge in [-0.05, 0) is 19.9 Å². The van der Waals surface area contributed by atoms with Crippen LogP contribution in [0.2, 0.25) is 0 Å². The molecule has 0 fully saturated rings. The SMILES string of the molecule is CNC(=O)c1ccn(CC(C)(C)C(=O)NN)n1. The summed E-state index contributed by atoms with van der Waals surface area (Å²) in [5.41, 5.74) is 1.73. The van der Waals surface area contributed by atoms with Gasteiger partial charge >= 0.3 is 0 Å². The third kappa shape index (κ3) is 3.04. The molecule has 0 aliphatic rings. The average molecular weight is 239 g/mol. The maximum absolute atomic E-state index is 11.5. The largest absolute Gasteiger partial charge is 0.354 e. The van der Waals surface area contributed by atoms with E-state index < -0.39 is 5.41 Å². The standard InChI is InChI=1S/C10H17N5O2/c1-10(2,9(17)13-11)6-15-5-4-7(14-15)8(16)12-3/h4-5H,6,11H2,1-3H3,(H,12,16)(H,13,17). The Bertz CT molecular complexity index is 424. The lowest BCUT2D eigenvalue weighted by Gasteiger charge is -2.21. The number of nitrogens with two attached hydrogens (primary N) is 1. The highest BCUT2D eigenvalue weighted by atomic mass is 16.2. The monoisotopic (exact) mass is 239 g/mol. The Hall–Kier alpha value is -1.89. The second kappa shape index (κ2) is 4.96. The van der Waals surface area contributed by atoms with E-state index in [-0.39, 0.29) is 11.8 Å². The fraction of sp³-hybridized carbons (Fsp3) is 0.500. The number of nitrogens with one attached hydrogen (secondary N) is 2. The molecule has 0 unspecified atom stereocenters. The van der Waals surface area contributed by atoms with Crippen LogP contribution >= 0.6 is 0 Å². The van der Waals surface area contributed by atoms with Crippen molar-refractivity contribution in [2.45, 2.75) is 20.4 Å². The van der Waals surface area contributed by atoms with Gasteiger partial charge in [-0.2, -0.15) is 5.10 Å². The molecule has 0 aromatic carbocycles. The van der Waals surface area contributed by atoms with Gasteiger partial charge in [0.05, 0.1) is 12.0 Å². The molecule has 1 aromatic heterocycles. The minimum Gasteiger partial charge on any atom is -0.354 e. The van der Waals surface area contributed by atoms with Gasteiger partial charge < -0.3 is 5.32 Å².